The summed E-state index contributed by atoms with van der Waals surface area (Å²) in [7, 11) is 2.07. The Balaban J connectivity index is 1.05. The van der Waals surface area contributed by atoms with Crippen LogP contribution >= 0.6 is 0 Å². The number of rotatable bonds is 8. The number of amidine groups is 2. The fourth-order valence-corrected chi connectivity index (χ4v) is 7.44. The Kier molecular flexibility index (Phi) is 9.58. The topological polar surface area (TPSA) is 64.6 Å². The van der Waals surface area contributed by atoms with Crippen molar-refractivity contribution in [3.05, 3.63) is 223 Å². The van der Waals surface area contributed by atoms with E-state index in [9.17, 15) is 5.26 Å². The van der Waals surface area contributed by atoms with Crippen LogP contribution in [0.2, 0.25) is 0 Å². The van der Waals surface area contributed by atoms with Crippen LogP contribution in [0.4, 0.5) is 0 Å². The molecule has 1 aliphatic heterocycles. The van der Waals surface area contributed by atoms with Crippen molar-refractivity contribution in [1.82, 2.24) is 9.88 Å². The van der Waals surface area contributed by atoms with E-state index in [-0.39, 0.29) is 6.17 Å². The van der Waals surface area contributed by atoms with Crippen molar-refractivity contribution in [3.63, 3.8) is 0 Å². The SMILES string of the molecule is CN1C(c2cccc(-c3ccccc3)c2)=NC(c2ccccc2)=NC1c1cccc(-c2cccc(-c3cc(C#N)cc(-c4ccc(-c5ccccn5)cc4)c3)c2)c1. The van der Waals surface area contributed by atoms with E-state index in [4.69, 9.17) is 9.98 Å². The van der Waals surface area contributed by atoms with Crippen LogP contribution in [-0.2, 0) is 0 Å². The highest BCUT2D eigenvalue weighted by atomic mass is 15.3. The molecule has 7 aromatic carbocycles. The first-order valence-corrected chi connectivity index (χ1v) is 19.0. The lowest BCUT2D eigenvalue weighted by atomic mass is 9.93. The molecule has 0 amide bonds. The monoisotopic (exact) mass is 731 g/mol. The van der Waals surface area contributed by atoms with Gasteiger partial charge < -0.3 is 4.90 Å². The average molecular weight is 732 g/mol. The van der Waals surface area contributed by atoms with E-state index in [0.29, 0.717) is 11.4 Å². The third-order valence-electron chi connectivity index (χ3n) is 10.4. The fourth-order valence-electron chi connectivity index (χ4n) is 7.44. The van der Waals surface area contributed by atoms with Crippen LogP contribution in [0, 0.1) is 11.3 Å². The average Bonchev–Trinajstić information content (AvgIpc) is 3.30. The van der Waals surface area contributed by atoms with Gasteiger partial charge in [0.25, 0.3) is 0 Å². The molecule has 0 spiro atoms. The molecule has 0 N–H and O–H groups in total. The van der Waals surface area contributed by atoms with Crippen LogP contribution in [-0.4, -0.2) is 28.6 Å². The Hall–Kier alpha value is -7.68. The van der Waals surface area contributed by atoms with Crippen molar-refractivity contribution in [3.8, 4) is 61.8 Å². The zero-order valence-corrected chi connectivity index (χ0v) is 31.4. The minimum Gasteiger partial charge on any atom is -0.333 e. The summed E-state index contributed by atoms with van der Waals surface area (Å²) in [6, 6.07) is 69.1. The zero-order valence-electron chi connectivity index (χ0n) is 31.4. The van der Waals surface area contributed by atoms with Gasteiger partial charge in [0, 0.05) is 29.9 Å². The first-order valence-electron chi connectivity index (χ1n) is 19.0. The second-order valence-electron chi connectivity index (χ2n) is 14.1. The summed E-state index contributed by atoms with van der Waals surface area (Å²) >= 11 is 0. The van der Waals surface area contributed by atoms with Crippen molar-refractivity contribution < 1.29 is 0 Å². The van der Waals surface area contributed by atoms with E-state index in [2.05, 4.69) is 163 Å². The van der Waals surface area contributed by atoms with E-state index < -0.39 is 0 Å². The summed E-state index contributed by atoms with van der Waals surface area (Å²) in [5.41, 5.74) is 14.2. The van der Waals surface area contributed by atoms with Gasteiger partial charge in [0.15, 0.2) is 12.0 Å². The molecule has 0 bridgehead atoms. The molecule has 0 aliphatic carbocycles. The molecule has 270 valence electrons. The van der Waals surface area contributed by atoms with Crippen LogP contribution in [0.15, 0.2) is 210 Å². The molecule has 9 rings (SSSR count). The van der Waals surface area contributed by atoms with Gasteiger partial charge in [-0.25, -0.2) is 9.98 Å². The van der Waals surface area contributed by atoms with Crippen molar-refractivity contribution in [2.24, 2.45) is 9.98 Å². The largest absolute Gasteiger partial charge is 0.333 e. The van der Waals surface area contributed by atoms with Crippen molar-refractivity contribution in [2.45, 2.75) is 6.17 Å². The number of benzene rings is 7. The van der Waals surface area contributed by atoms with Gasteiger partial charge in [-0.2, -0.15) is 5.26 Å². The Morgan fingerprint density at radius 2 is 0.965 bits per heavy atom. The third kappa shape index (κ3) is 7.41. The molecule has 1 aliphatic rings. The highest BCUT2D eigenvalue weighted by molar-refractivity contribution is 6.13. The number of pyridine rings is 1. The van der Waals surface area contributed by atoms with Crippen molar-refractivity contribution in [2.75, 3.05) is 7.05 Å². The normalized spacial score (nSPS) is 13.7. The molecule has 0 saturated carbocycles. The van der Waals surface area contributed by atoms with Crippen LogP contribution in [0.3, 0.4) is 0 Å². The van der Waals surface area contributed by atoms with Crippen molar-refractivity contribution in [1.29, 1.82) is 5.26 Å². The van der Waals surface area contributed by atoms with E-state index in [1.165, 1.54) is 0 Å². The number of hydrogen-bond acceptors (Lipinski definition) is 5. The third-order valence-corrected chi connectivity index (χ3v) is 10.4. The first-order chi connectivity index (χ1) is 28.1. The summed E-state index contributed by atoms with van der Waals surface area (Å²) in [5, 5.41) is 10.0. The lowest BCUT2D eigenvalue weighted by Gasteiger charge is -2.33. The van der Waals surface area contributed by atoms with E-state index in [1.54, 1.807) is 6.20 Å². The highest BCUT2D eigenvalue weighted by Gasteiger charge is 2.27. The van der Waals surface area contributed by atoms with Gasteiger partial charge in [-0.15, -0.1) is 0 Å². The van der Waals surface area contributed by atoms with Crippen LogP contribution in [0.5, 0.6) is 0 Å². The maximum atomic E-state index is 10.0. The summed E-state index contributed by atoms with van der Waals surface area (Å²) in [6.45, 7) is 0. The molecule has 1 unspecified atom stereocenters. The van der Waals surface area contributed by atoms with Gasteiger partial charge in [0.2, 0.25) is 0 Å². The lowest BCUT2D eigenvalue weighted by Crippen LogP contribution is -2.35. The lowest BCUT2D eigenvalue weighted by molar-refractivity contribution is 0.383. The maximum absolute atomic E-state index is 10.0. The Labute approximate surface area is 333 Å². The van der Waals surface area contributed by atoms with Crippen LogP contribution < -0.4 is 0 Å². The second-order valence-corrected chi connectivity index (χ2v) is 14.1. The highest BCUT2D eigenvalue weighted by Crippen LogP contribution is 2.35. The molecule has 5 heteroatoms. The molecule has 0 fully saturated rings. The number of nitriles is 1. The van der Waals surface area contributed by atoms with Crippen molar-refractivity contribution >= 4 is 11.7 Å². The van der Waals surface area contributed by atoms with Gasteiger partial charge in [0.1, 0.15) is 5.84 Å². The molecule has 1 atom stereocenters. The standard InChI is InChI=1S/C52H37N5/c1-57-51(45-21-11-17-41(32-45)37-13-4-2-5-14-37)55-50(40-15-6-3-7-16-40)56-52(57)46-22-12-19-43(33-46)42-18-10-20-44(31-42)48-30-36(35-53)29-47(34-48)38-24-26-39(27-25-38)49-23-8-9-28-54-49/h2-34,52H,1H3. The first kappa shape index (κ1) is 35.0. The quantitative estimate of drug-likeness (QED) is 0.156. The number of nitrogens with zero attached hydrogens (tertiary/aromatic N) is 5. The van der Waals surface area contributed by atoms with Gasteiger partial charge in [-0.1, -0.05) is 146 Å². The number of aliphatic imine (C=N–C) groups is 2. The number of aromatic nitrogens is 1. The summed E-state index contributed by atoms with van der Waals surface area (Å²) < 4.78 is 0. The summed E-state index contributed by atoms with van der Waals surface area (Å²) in [6.07, 6.45) is 1.49. The molecule has 2 heterocycles. The van der Waals surface area contributed by atoms with E-state index in [1.807, 2.05) is 54.6 Å². The van der Waals surface area contributed by atoms with Gasteiger partial charge in [0.05, 0.1) is 17.3 Å². The molecule has 57 heavy (non-hydrogen) atoms. The molecule has 1 aromatic heterocycles. The Morgan fingerprint density at radius 1 is 0.456 bits per heavy atom. The molecular weight excluding hydrogens is 695 g/mol. The van der Waals surface area contributed by atoms with Crippen LogP contribution in [0.1, 0.15) is 28.4 Å². The number of hydrogen-bond donors (Lipinski definition) is 0. The minimum absolute atomic E-state index is 0.310. The molecule has 8 aromatic rings. The smallest absolute Gasteiger partial charge is 0.159 e. The summed E-state index contributed by atoms with van der Waals surface area (Å²) in [4.78, 5) is 17.1. The maximum Gasteiger partial charge on any atom is 0.159 e. The Morgan fingerprint density at radius 3 is 1.65 bits per heavy atom. The fraction of sp³-hybridized carbons (Fsp3) is 0.0385. The van der Waals surface area contributed by atoms with Gasteiger partial charge in [-0.05, 0) is 98.6 Å². The molecule has 0 radical (unpaired) electrons. The van der Waals surface area contributed by atoms with E-state index in [0.717, 1.165) is 78.3 Å². The van der Waals surface area contributed by atoms with E-state index >= 15 is 0 Å². The summed E-state index contributed by atoms with van der Waals surface area (Å²) in [5.74, 6) is 1.56. The predicted octanol–water partition coefficient (Wildman–Crippen LogP) is 12.1. The van der Waals surface area contributed by atoms with Crippen LogP contribution in [0.25, 0.3) is 55.8 Å². The predicted molar refractivity (Wildman–Crippen MR) is 233 cm³/mol. The molecule has 5 nitrogen and oxygen atoms in total. The zero-order chi connectivity index (χ0) is 38.6. The Bertz CT molecular complexity index is 2800. The molecular formula is C52H37N5. The second kappa shape index (κ2) is 15.6. The minimum atomic E-state index is -0.310. The van der Waals surface area contributed by atoms with Gasteiger partial charge in [-0.3, -0.25) is 4.98 Å². The van der Waals surface area contributed by atoms with Gasteiger partial charge >= 0.3 is 0 Å². The molecule has 0 saturated heterocycles.